The van der Waals surface area contributed by atoms with Crippen LogP contribution < -0.4 is 12.4 Å². The second kappa shape index (κ2) is 3.40. The predicted molar refractivity (Wildman–Crippen MR) is 43.9 cm³/mol. The quantitative estimate of drug-likeness (QED) is 0.507. The van der Waals surface area contributed by atoms with Crippen molar-refractivity contribution in [2.24, 2.45) is 0 Å². The maximum Gasteiger partial charge on any atom is -0.0184 e. The van der Waals surface area contributed by atoms with E-state index in [-0.39, 0.29) is 12.4 Å². The second-order valence-corrected chi connectivity index (χ2v) is 2.35. The van der Waals surface area contributed by atoms with E-state index >= 15 is 0 Å². The zero-order chi connectivity index (χ0) is 6.81. The Bertz CT molecular complexity index is 276. The molecular formula is C10H8Cl-. The first-order chi connectivity index (χ1) is 4.97. The summed E-state index contributed by atoms with van der Waals surface area (Å²) >= 11 is 0. The van der Waals surface area contributed by atoms with Gasteiger partial charge in [-0.15, -0.1) is 0 Å². The van der Waals surface area contributed by atoms with E-state index in [9.17, 15) is 0 Å². The first kappa shape index (κ1) is 8.09. The van der Waals surface area contributed by atoms with Crippen LogP contribution >= 0.6 is 0 Å². The number of hydrogen-bond acceptors (Lipinski definition) is 0. The number of hydrogen-bond donors (Lipinski definition) is 0. The normalized spacial score (nSPS) is 9.09. The van der Waals surface area contributed by atoms with Crippen molar-refractivity contribution in [1.82, 2.24) is 0 Å². The second-order valence-electron chi connectivity index (χ2n) is 2.35. The lowest BCUT2D eigenvalue weighted by Gasteiger charge is -1.92. The van der Waals surface area contributed by atoms with Gasteiger partial charge in [0.05, 0.1) is 0 Å². The molecule has 0 radical (unpaired) electrons. The van der Waals surface area contributed by atoms with E-state index in [1.54, 1.807) is 0 Å². The Morgan fingerprint density at radius 3 is 1.09 bits per heavy atom. The van der Waals surface area contributed by atoms with Gasteiger partial charge in [-0.05, 0) is 10.8 Å². The number of halogens is 1. The molecule has 0 heterocycles. The molecule has 0 aromatic heterocycles. The smallest absolute Gasteiger partial charge is 0.0184 e. The molecular weight excluding hydrogens is 156 g/mol. The summed E-state index contributed by atoms with van der Waals surface area (Å²) in [5.41, 5.74) is 0. The van der Waals surface area contributed by atoms with Crippen LogP contribution in [0.1, 0.15) is 0 Å². The average molecular weight is 164 g/mol. The van der Waals surface area contributed by atoms with Crippen molar-refractivity contribution in [3.8, 4) is 0 Å². The molecule has 0 saturated heterocycles. The van der Waals surface area contributed by atoms with Gasteiger partial charge in [-0.1, -0.05) is 48.5 Å². The molecule has 0 bridgehead atoms. The van der Waals surface area contributed by atoms with Gasteiger partial charge in [-0.2, -0.15) is 0 Å². The molecule has 1 heteroatoms. The third kappa shape index (κ3) is 1.52. The lowest BCUT2D eigenvalue weighted by atomic mass is 10.1. The van der Waals surface area contributed by atoms with Crippen molar-refractivity contribution in [3.05, 3.63) is 48.5 Å². The van der Waals surface area contributed by atoms with Crippen LogP contribution in [0.2, 0.25) is 0 Å². The minimum absolute atomic E-state index is 0. The summed E-state index contributed by atoms with van der Waals surface area (Å²) < 4.78 is 0. The molecule has 11 heavy (non-hydrogen) atoms. The zero-order valence-electron chi connectivity index (χ0n) is 6.00. The zero-order valence-corrected chi connectivity index (χ0v) is 6.75. The number of benzene rings is 2. The predicted octanol–water partition coefficient (Wildman–Crippen LogP) is -0.156. The van der Waals surface area contributed by atoms with E-state index in [0.717, 1.165) is 0 Å². The maximum atomic E-state index is 2.12. The summed E-state index contributed by atoms with van der Waals surface area (Å²) in [7, 11) is 0. The Kier molecular flexibility index (Phi) is 2.50. The fourth-order valence-electron chi connectivity index (χ4n) is 1.13. The van der Waals surface area contributed by atoms with E-state index in [1.807, 2.05) is 0 Å². The third-order valence-electron chi connectivity index (χ3n) is 1.66. The van der Waals surface area contributed by atoms with Crippen molar-refractivity contribution in [2.75, 3.05) is 0 Å². The lowest BCUT2D eigenvalue weighted by Crippen LogP contribution is -3.00. The fourth-order valence-corrected chi connectivity index (χ4v) is 1.13. The molecule has 0 aliphatic rings. The Hall–Kier alpha value is -1.01. The maximum absolute atomic E-state index is 2.12. The van der Waals surface area contributed by atoms with Gasteiger partial charge in [0.1, 0.15) is 0 Å². The molecule has 2 aromatic rings. The lowest BCUT2D eigenvalue weighted by molar-refractivity contribution is -0.00000191. The Balaban J connectivity index is 0.000000605. The van der Waals surface area contributed by atoms with Gasteiger partial charge in [0.25, 0.3) is 0 Å². The molecule has 0 saturated carbocycles. The van der Waals surface area contributed by atoms with E-state index in [1.165, 1.54) is 10.8 Å². The Labute approximate surface area is 72.3 Å². The van der Waals surface area contributed by atoms with Crippen LogP contribution in [0.15, 0.2) is 48.5 Å². The van der Waals surface area contributed by atoms with Crippen LogP contribution in [-0.2, 0) is 0 Å². The van der Waals surface area contributed by atoms with Gasteiger partial charge in [0, 0.05) is 0 Å². The SMILES string of the molecule is [Cl-].c1ccc2ccccc2c1. The van der Waals surface area contributed by atoms with Crippen molar-refractivity contribution in [3.63, 3.8) is 0 Å². The van der Waals surface area contributed by atoms with Crippen LogP contribution in [0, 0.1) is 0 Å². The molecule has 0 amide bonds. The Morgan fingerprint density at radius 2 is 0.818 bits per heavy atom. The summed E-state index contributed by atoms with van der Waals surface area (Å²) in [6.07, 6.45) is 0. The highest BCUT2D eigenvalue weighted by atomic mass is 35.5. The van der Waals surface area contributed by atoms with Gasteiger partial charge in [-0.25, -0.2) is 0 Å². The van der Waals surface area contributed by atoms with E-state index in [0.29, 0.717) is 0 Å². The van der Waals surface area contributed by atoms with E-state index in [2.05, 4.69) is 48.5 Å². The first-order valence-corrected chi connectivity index (χ1v) is 3.40. The summed E-state index contributed by atoms with van der Waals surface area (Å²) in [5.74, 6) is 0. The van der Waals surface area contributed by atoms with Crippen LogP contribution in [0.25, 0.3) is 10.8 Å². The van der Waals surface area contributed by atoms with Crippen molar-refractivity contribution in [2.45, 2.75) is 0 Å². The highest BCUT2D eigenvalue weighted by Crippen LogP contribution is 2.11. The fraction of sp³-hybridized carbons (Fsp3) is 0. The molecule has 0 unspecified atom stereocenters. The molecule has 0 aliphatic carbocycles. The Morgan fingerprint density at radius 1 is 0.545 bits per heavy atom. The van der Waals surface area contributed by atoms with E-state index < -0.39 is 0 Å². The molecule has 2 aromatic carbocycles. The molecule has 0 spiro atoms. The van der Waals surface area contributed by atoms with Crippen LogP contribution in [0.3, 0.4) is 0 Å². The van der Waals surface area contributed by atoms with Gasteiger partial charge in [0.15, 0.2) is 0 Å². The molecule has 0 nitrogen and oxygen atoms in total. The minimum atomic E-state index is 0. The van der Waals surface area contributed by atoms with Gasteiger partial charge in [0.2, 0.25) is 0 Å². The highest BCUT2D eigenvalue weighted by Gasteiger charge is 1.85. The highest BCUT2D eigenvalue weighted by molar-refractivity contribution is 5.81. The van der Waals surface area contributed by atoms with Crippen molar-refractivity contribution >= 4 is 10.8 Å². The molecule has 0 atom stereocenters. The van der Waals surface area contributed by atoms with Crippen molar-refractivity contribution in [1.29, 1.82) is 0 Å². The van der Waals surface area contributed by atoms with E-state index in [4.69, 9.17) is 0 Å². The monoisotopic (exact) mass is 163 g/mol. The summed E-state index contributed by atoms with van der Waals surface area (Å²) in [6.45, 7) is 0. The molecule has 0 fully saturated rings. The summed E-state index contributed by atoms with van der Waals surface area (Å²) in [6, 6.07) is 16.7. The minimum Gasteiger partial charge on any atom is -1.00 e. The van der Waals surface area contributed by atoms with Crippen LogP contribution in [0.4, 0.5) is 0 Å². The topological polar surface area (TPSA) is 0 Å². The molecule has 0 N–H and O–H groups in total. The standard InChI is InChI=1S/C10H8.ClH/c1-2-6-10-8-4-3-7-9(10)5-1;/h1-8H;1H/p-1. The van der Waals surface area contributed by atoms with Gasteiger partial charge >= 0.3 is 0 Å². The average Bonchev–Trinajstić information content (AvgIpc) is 2.05. The molecule has 2 rings (SSSR count). The van der Waals surface area contributed by atoms with Crippen LogP contribution in [0.5, 0.6) is 0 Å². The summed E-state index contributed by atoms with van der Waals surface area (Å²) in [5, 5.41) is 2.62. The number of rotatable bonds is 0. The van der Waals surface area contributed by atoms with Gasteiger partial charge in [-0.3, -0.25) is 0 Å². The van der Waals surface area contributed by atoms with Crippen LogP contribution in [-0.4, -0.2) is 0 Å². The van der Waals surface area contributed by atoms with Gasteiger partial charge < -0.3 is 12.4 Å². The summed E-state index contributed by atoms with van der Waals surface area (Å²) in [4.78, 5) is 0. The molecule has 56 valence electrons. The largest absolute Gasteiger partial charge is 1.00 e. The third-order valence-corrected chi connectivity index (χ3v) is 1.66. The van der Waals surface area contributed by atoms with Crippen molar-refractivity contribution < 1.29 is 12.4 Å². The first-order valence-electron chi connectivity index (χ1n) is 3.40. The number of fused-ring (bicyclic) bond motifs is 1. The molecule has 0 aliphatic heterocycles.